The second-order valence-electron chi connectivity index (χ2n) is 2.19. The predicted molar refractivity (Wildman–Crippen MR) is 43.5 cm³/mol. The van der Waals surface area contributed by atoms with Crippen LogP contribution in [0.25, 0.3) is 0 Å². The number of hydrogen-bond acceptors (Lipinski definition) is 0. The molecule has 0 nitrogen and oxygen atoms in total. The second kappa shape index (κ2) is 5.61. The molecule has 0 amide bonds. The van der Waals surface area contributed by atoms with E-state index in [1.165, 1.54) is 18.4 Å². The summed E-state index contributed by atoms with van der Waals surface area (Å²) in [5.74, 6) is 0. The molecular formula is C9H16. The van der Waals surface area contributed by atoms with Crippen molar-refractivity contribution in [1.82, 2.24) is 0 Å². The van der Waals surface area contributed by atoms with Crippen LogP contribution < -0.4 is 0 Å². The number of hydrogen-bond donors (Lipinski definition) is 0. The third-order valence-electron chi connectivity index (χ3n) is 1.39. The summed E-state index contributed by atoms with van der Waals surface area (Å²) in [6.45, 7) is 7.98. The maximum atomic E-state index is 3.69. The maximum absolute atomic E-state index is 3.69. The minimum Gasteiger partial charge on any atom is -0.103 e. The zero-order valence-electron chi connectivity index (χ0n) is 6.48. The Bertz CT molecular complexity index is 98.6. The van der Waals surface area contributed by atoms with E-state index < -0.39 is 0 Å². The van der Waals surface area contributed by atoms with Crippen molar-refractivity contribution in [1.29, 1.82) is 0 Å². The minimum atomic E-state index is 1.06. The summed E-state index contributed by atoms with van der Waals surface area (Å²) < 4.78 is 0. The van der Waals surface area contributed by atoms with E-state index in [1.807, 2.05) is 6.08 Å². The fourth-order valence-electron chi connectivity index (χ4n) is 0.871. The highest BCUT2D eigenvalue weighted by Gasteiger charge is 1.88. The van der Waals surface area contributed by atoms with Crippen molar-refractivity contribution >= 4 is 0 Å². The first-order valence-corrected chi connectivity index (χ1v) is 3.60. The predicted octanol–water partition coefficient (Wildman–Crippen LogP) is 3.31. The van der Waals surface area contributed by atoms with E-state index in [0.29, 0.717) is 0 Å². The molecule has 0 rings (SSSR count). The highest BCUT2D eigenvalue weighted by molar-refractivity contribution is 5.04. The van der Waals surface area contributed by atoms with Crippen LogP contribution in [0.15, 0.2) is 24.3 Å². The fraction of sp³-hybridized carbons (Fsp3) is 0.556. The third kappa shape index (κ3) is 4.01. The summed E-state index contributed by atoms with van der Waals surface area (Å²) in [6, 6.07) is 0. The van der Waals surface area contributed by atoms with Gasteiger partial charge in [0.15, 0.2) is 0 Å². The molecule has 52 valence electrons. The molecule has 0 bridgehead atoms. The topological polar surface area (TPSA) is 0 Å². The molecule has 0 saturated carbocycles. The molecular weight excluding hydrogens is 108 g/mol. The smallest absolute Gasteiger partial charge is 0.0142 e. The normalized spacial score (nSPS) is 11.6. The first kappa shape index (κ1) is 8.48. The Balaban J connectivity index is 3.55. The molecule has 0 aromatic rings. The molecule has 0 atom stereocenters. The molecule has 0 aliphatic heterocycles. The van der Waals surface area contributed by atoms with Crippen LogP contribution in [0.5, 0.6) is 0 Å². The average Bonchev–Trinajstić information content (AvgIpc) is 1.88. The highest BCUT2D eigenvalue weighted by Crippen LogP contribution is 2.08. The Hall–Kier alpha value is -0.520. The van der Waals surface area contributed by atoms with Crippen LogP contribution >= 0.6 is 0 Å². The highest BCUT2D eigenvalue weighted by atomic mass is 13.9. The summed E-state index contributed by atoms with van der Waals surface area (Å²) in [5, 5.41) is 0. The van der Waals surface area contributed by atoms with Crippen molar-refractivity contribution in [3.8, 4) is 0 Å². The first-order valence-electron chi connectivity index (χ1n) is 3.60. The number of allylic oxidation sites excluding steroid dienone is 3. The first-order chi connectivity index (χ1) is 4.35. The Kier molecular flexibility index (Phi) is 5.29. The van der Waals surface area contributed by atoms with Crippen LogP contribution in [0.4, 0.5) is 0 Å². The van der Waals surface area contributed by atoms with Gasteiger partial charge < -0.3 is 0 Å². The van der Waals surface area contributed by atoms with Gasteiger partial charge in [-0.25, -0.2) is 0 Å². The van der Waals surface area contributed by atoms with Gasteiger partial charge in [0, 0.05) is 0 Å². The summed E-state index contributed by atoms with van der Waals surface area (Å²) in [7, 11) is 0. The van der Waals surface area contributed by atoms with E-state index >= 15 is 0 Å². The summed E-state index contributed by atoms with van der Waals surface area (Å²) in [4.78, 5) is 0. The van der Waals surface area contributed by atoms with Crippen LogP contribution in [0.2, 0.25) is 0 Å². The summed E-state index contributed by atoms with van der Waals surface area (Å²) in [6.07, 6.45) is 7.68. The van der Waals surface area contributed by atoms with Crippen molar-refractivity contribution < 1.29 is 0 Å². The summed E-state index contributed by atoms with van der Waals surface area (Å²) >= 11 is 0. The molecule has 0 spiro atoms. The molecule has 0 aliphatic rings. The Labute approximate surface area is 58.3 Å². The van der Waals surface area contributed by atoms with Gasteiger partial charge in [-0.3, -0.25) is 0 Å². The van der Waals surface area contributed by atoms with E-state index in [9.17, 15) is 0 Å². The van der Waals surface area contributed by atoms with Gasteiger partial charge in [-0.15, -0.1) is 6.58 Å². The standard InChI is InChI=1S/C9H16/c1-4-7-9(6-3)8-5-2/h4,6H,1,5,7-8H2,2-3H3/b9-6+. The zero-order valence-corrected chi connectivity index (χ0v) is 6.48. The van der Waals surface area contributed by atoms with E-state index in [4.69, 9.17) is 0 Å². The lowest BCUT2D eigenvalue weighted by Crippen LogP contribution is -1.78. The van der Waals surface area contributed by atoms with Crippen LogP contribution in [0.1, 0.15) is 33.1 Å². The quantitative estimate of drug-likeness (QED) is 0.504. The lowest BCUT2D eigenvalue weighted by Gasteiger charge is -1.98. The van der Waals surface area contributed by atoms with Crippen molar-refractivity contribution in [2.24, 2.45) is 0 Å². The van der Waals surface area contributed by atoms with E-state index in [2.05, 4.69) is 26.5 Å². The SMILES string of the molecule is C=CC/C(=C\C)CCC. The van der Waals surface area contributed by atoms with Crippen LogP contribution in [-0.2, 0) is 0 Å². The van der Waals surface area contributed by atoms with Gasteiger partial charge in [0.05, 0.1) is 0 Å². The molecule has 0 radical (unpaired) electrons. The largest absolute Gasteiger partial charge is 0.103 e. The van der Waals surface area contributed by atoms with Gasteiger partial charge in [-0.05, 0) is 19.8 Å². The van der Waals surface area contributed by atoms with Gasteiger partial charge in [0.25, 0.3) is 0 Å². The molecule has 0 heterocycles. The Morgan fingerprint density at radius 1 is 1.56 bits per heavy atom. The molecule has 0 unspecified atom stereocenters. The summed E-state index contributed by atoms with van der Waals surface area (Å²) in [5.41, 5.74) is 1.51. The zero-order chi connectivity index (χ0) is 7.11. The molecule has 0 fully saturated rings. The van der Waals surface area contributed by atoms with Crippen molar-refractivity contribution in [3.05, 3.63) is 24.3 Å². The van der Waals surface area contributed by atoms with Gasteiger partial charge in [-0.2, -0.15) is 0 Å². The molecule has 0 saturated heterocycles. The maximum Gasteiger partial charge on any atom is -0.0142 e. The van der Waals surface area contributed by atoms with Gasteiger partial charge in [-0.1, -0.05) is 31.1 Å². The molecule has 9 heavy (non-hydrogen) atoms. The fourth-order valence-corrected chi connectivity index (χ4v) is 0.871. The lowest BCUT2D eigenvalue weighted by molar-refractivity contribution is 0.877. The minimum absolute atomic E-state index is 1.06. The third-order valence-corrected chi connectivity index (χ3v) is 1.39. The van der Waals surface area contributed by atoms with E-state index in [-0.39, 0.29) is 0 Å². The van der Waals surface area contributed by atoms with E-state index in [1.54, 1.807) is 0 Å². The van der Waals surface area contributed by atoms with Crippen LogP contribution in [0, 0.1) is 0 Å². The Morgan fingerprint density at radius 3 is 2.56 bits per heavy atom. The van der Waals surface area contributed by atoms with Crippen molar-refractivity contribution in [3.63, 3.8) is 0 Å². The van der Waals surface area contributed by atoms with Crippen molar-refractivity contribution in [2.45, 2.75) is 33.1 Å². The molecule has 0 heteroatoms. The number of rotatable bonds is 4. The van der Waals surface area contributed by atoms with Gasteiger partial charge in [0.1, 0.15) is 0 Å². The van der Waals surface area contributed by atoms with Crippen molar-refractivity contribution in [2.75, 3.05) is 0 Å². The van der Waals surface area contributed by atoms with Crippen LogP contribution in [0.3, 0.4) is 0 Å². The molecule has 0 aromatic carbocycles. The monoisotopic (exact) mass is 124 g/mol. The van der Waals surface area contributed by atoms with Gasteiger partial charge in [0.2, 0.25) is 0 Å². The van der Waals surface area contributed by atoms with Crippen LogP contribution in [-0.4, -0.2) is 0 Å². The van der Waals surface area contributed by atoms with Gasteiger partial charge >= 0.3 is 0 Å². The van der Waals surface area contributed by atoms with E-state index in [0.717, 1.165) is 6.42 Å². The second-order valence-corrected chi connectivity index (χ2v) is 2.19. The lowest BCUT2D eigenvalue weighted by atomic mass is 10.1. The Morgan fingerprint density at radius 2 is 2.22 bits per heavy atom. The average molecular weight is 124 g/mol. The molecule has 0 aliphatic carbocycles. The molecule has 0 N–H and O–H groups in total. The molecule has 0 aromatic heterocycles.